The van der Waals surface area contributed by atoms with E-state index in [0.29, 0.717) is 0 Å². The van der Waals surface area contributed by atoms with E-state index < -0.39 is 0 Å². The Morgan fingerprint density at radius 2 is 1.90 bits per heavy atom. The molecule has 0 fully saturated rings. The molecule has 0 aliphatic heterocycles. The minimum atomic E-state index is 0.908. The first-order valence-electron chi connectivity index (χ1n) is 7.05. The third kappa shape index (κ3) is 2.47. The number of nitrogens with one attached hydrogen (secondary N) is 1. The second-order valence-corrected chi connectivity index (χ2v) is 5.29. The number of nitrogens with zero attached hydrogens (tertiary/aromatic N) is 1. The Hall–Kier alpha value is -2.06. The molecule has 1 heterocycles. The summed E-state index contributed by atoms with van der Waals surface area (Å²) in [5.74, 6) is 0. The van der Waals surface area contributed by atoms with Crippen LogP contribution in [0.25, 0.3) is 10.9 Å². The number of hydrogen-bond acceptors (Lipinski definition) is 1. The maximum atomic E-state index is 3.21. The van der Waals surface area contributed by atoms with Crippen molar-refractivity contribution in [3.05, 3.63) is 71.4 Å². The van der Waals surface area contributed by atoms with Gasteiger partial charge in [0.2, 0.25) is 0 Å². The predicted octanol–water partition coefficient (Wildman–Crippen LogP) is 3.72. The normalized spacial score (nSPS) is 11.1. The first-order valence-corrected chi connectivity index (χ1v) is 7.05. The van der Waals surface area contributed by atoms with Gasteiger partial charge in [-0.2, -0.15) is 0 Å². The van der Waals surface area contributed by atoms with Crippen LogP contribution in [0, 0.1) is 6.92 Å². The molecule has 0 bridgehead atoms. The SMILES string of the molecule is CNCc1ccc2ccn(Cc3ccccc3C)c2c1. The molecule has 0 aliphatic rings. The summed E-state index contributed by atoms with van der Waals surface area (Å²) in [6, 6.07) is 17.5. The fourth-order valence-corrected chi connectivity index (χ4v) is 2.65. The number of hydrogen-bond donors (Lipinski definition) is 1. The standard InChI is InChI=1S/C18H20N2/c1-14-5-3-4-6-17(14)13-20-10-9-16-8-7-15(12-19-2)11-18(16)20/h3-11,19H,12-13H2,1-2H3. The summed E-state index contributed by atoms with van der Waals surface area (Å²) >= 11 is 0. The number of aryl methyl sites for hydroxylation is 1. The molecule has 0 saturated carbocycles. The van der Waals surface area contributed by atoms with Crippen LogP contribution in [0.1, 0.15) is 16.7 Å². The predicted molar refractivity (Wildman–Crippen MR) is 85.0 cm³/mol. The lowest BCUT2D eigenvalue weighted by Crippen LogP contribution is -2.05. The van der Waals surface area contributed by atoms with Gasteiger partial charge in [-0.25, -0.2) is 0 Å². The van der Waals surface area contributed by atoms with Gasteiger partial charge < -0.3 is 9.88 Å². The number of aromatic nitrogens is 1. The molecular formula is C18H20N2. The largest absolute Gasteiger partial charge is 0.343 e. The van der Waals surface area contributed by atoms with Gasteiger partial charge in [0.1, 0.15) is 0 Å². The van der Waals surface area contributed by atoms with Crippen LogP contribution < -0.4 is 5.32 Å². The molecule has 20 heavy (non-hydrogen) atoms. The first-order chi connectivity index (χ1) is 9.78. The van der Waals surface area contributed by atoms with E-state index in [1.54, 1.807) is 0 Å². The molecule has 0 atom stereocenters. The lowest BCUT2D eigenvalue weighted by Gasteiger charge is -2.09. The van der Waals surface area contributed by atoms with Crippen LogP contribution in [-0.2, 0) is 13.1 Å². The van der Waals surface area contributed by atoms with E-state index in [0.717, 1.165) is 13.1 Å². The summed E-state index contributed by atoms with van der Waals surface area (Å²) < 4.78 is 2.33. The fraction of sp³-hybridized carbons (Fsp3) is 0.222. The Bertz CT molecular complexity index is 725. The first kappa shape index (κ1) is 12.9. The summed E-state index contributed by atoms with van der Waals surface area (Å²) in [7, 11) is 1.98. The van der Waals surface area contributed by atoms with Crippen molar-refractivity contribution in [2.45, 2.75) is 20.0 Å². The van der Waals surface area contributed by atoms with Gasteiger partial charge in [-0.1, -0.05) is 36.4 Å². The average molecular weight is 264 g/mol. The van der Waals surface area contributed by atoms with E-state index in [9.17, 15) is 0 Å². The van der Waals surface area contributed by atoms with E-state index in [-0.39, 0.29) is 0 Å². The number of fused-ring (bicyclic) bond motifs is 1. The van der Waals surface area contributed by atoms with Crippen LogP contribution >= 0.6 is 0 Å². The Morgan fingerprint density at radius 1 is 1.05 bits per heavy atom. The average Bonchev–Trinajstić information content (AvgIpc) is 2.85. The summed E-state index contributed by atoms with van der Waals surface area (Å²) in [5.41, 5.74) is 5.36. The second-order valence-electron chi connectivity index (χ2n) is 5.29. The lowest BCUT2D eigenvalue weighted by molar-refractivity contribution is 0.811. The van der Waals surface area contributed by atoms with Gasteiger partial charge >= 0.3 is 0 Å². The Morgan fingerprint density at radius 3 is 2.70 bits per heavy atom. The molecule has 3 aromatic rings. The molecule has 3 rings (SSSR count). The molecule has 0 aliphatic carbocycles. The van der Waals surface area contributed by atoms with Crippen molar-refractivity contribution in [3.8, 4) is 0 Å². The minimum Gasteiger partial charge on any atom is -0.343 e. The van der Waals surface area contributed by atoms with E-state index >= 15 is 0 Å². The van der Waals surface area contributed by atoms with Crippen molar-refractivity contribution in [3.63, 3.8) is 0 Å². The van der Waals surface area contributed by atoms with E-state index in [1.165, 1.54) is 27.6 Å². The third-order valence-electron chi connectivity index (χ3n) is 3.82. The Balaban J connectivity index is 1.99. The zero-order valence-corrected chi connectivity index (χ0v) is 12.1. The van der Waals surface area contributed by atoms with Crippen LogP contribution in [0.4, 0.5) is 0 Å². The molecule has 1 aromatic heterocycles. The van der Waals surface area contributed by atoms with Crippen LogP contribution in [0.2, 0.25) is 0 Å². The third-order valence-corrected chi connectivity index (χ3v) is 3.82. The van der Waals surface area contributed by atoms with Crippen molar-refractivity contribution in [2.24, 2.45) is 0 Å². The highest BCUT2D eigenvalue weighted by molar-refractivity contribution is 5.81. The zero-order valence-electron chi connectivity index (χ0n) is 12.1. The second kappa shape index (κ2) is 5.51. The minimum absolute atomic E-state index is 0.908. The van der Waals surface area contributed by atoms with Gasteiger partial charge in [0.05, 0.1) is 0 Å². The van der Waals surface area contributed by atoms with Gasteiger partial charge in [0, 0.05) is 24.8 Å². The lowest BCUT2D eigenvalue weighted by atomic mass is 10.1. The monoisotopic (exact) mass is 264 g/mol. The molecule has 0 spiro atoms. The maximum absolute atomic E-state index is 3.21. The van der Waals surface area contributed by atoms with Crippen molar-refractivity contribution in [2.75, 3.05) is 7.05 Å². The summed E-state index contributed by atoms with van der Waals surface area (Å²) in [4.78, 5) is 0. The molecule has 0 amide bonds. The molecule has 0 radical (unpaired) electrons. The number of benzene rings is 2. The molecular weight excluding hydrogens is 244 g/mol. The molecule has 102 valence electrons. The highest BCUT2D eigenvalue weighted by Crippen LogP contribution is 2.20. The van der Waals surface area contributed by atoms with E-state index in [1.807, 2.05) is 7.05 Å². The van der Waals surface area contributed by atoms with Crippen molar-refractivity contribution in [1.82, 2.24) is 9.88 Å². The van der Waals surface area contributed by atoms with Gasteiger partial charge in [-0.05, 0) is 48.2 Å². The Kier molecular flexibility index (Phi) is 3.57. The van der Waals surface area contributed by atoms with Gasteiger partial charge in [-0.15, -0.1) is 0 Å². The quantitative estimate of drug-likeness (QED) is 0.760. The smallest absolute Gasteiger partial charge is 0.0486 e. The topological polar surface area (TPSA) is 17.0 Å². The molecule has 2 heteroatoms. The Labute approximate surface area is 120 Å². The van der Waals surface area contributed by atoms with E-state index in [2.05, 4.69) is 71.5 Å². The number of rotatable bonds is 4. The molecule has 2 aromatic carbocycles. The highest BCUT2D eigenvalue weighted by Gasteiger charge is 2.04. The van der Waals surface area contributed by atoms with Gasteiger partial charge in [0.15, 0.2) is 0 Å². The molecule has 2 nitrogen and oxygen atoms in total. The van der Waals surface area contributed by atoms with Crippen LogP contribution in [-0.4, -0.2) is 11.6 Å². The molecule has 0 unspecified atom stereocenters. The molecule has 0 saturated heterocycles. The van der Waals surface area contributed by atoms with Crippen LogP contribution in [0.3, 0.4) is 0 Å². The zero-order chi connectivity index (χ0) is 13.9. The van der Waals surface area contributed by atoms with Crippen molar-refractivity contribution in [1.29, 1.82) is 0 Å². The molecule has 1 N–H and O–H groups in total. The summed E-state index contributed by atoms with van der Waals surface area (Å²) in [6.45, 7) is 4.01. The summed E-state index contributed by atoms with van der Waals surface area (Å²) in [5, 5.41) is 4.51. The van der Waals surface area contributed by atoms with Gasteiger partial charge in [0.25, 0.3) is 0 Å². The summed E-state index contributed by atoms with van der Waals surface area (Å²) in [6.07, 6.45) is 2.18. The van der Waals surface area contributed by atoms with Crippen LogP contribution in [0.15, 0.2) is 54.7 Å². The van der Waals surface area contributed by atoms with E-state index in [4.69, 9.17) is 0 Å². The maximum Gasteiger partial charge on any atom is 0.0486 e. The fourth-order valence-electron chi connectivity index (χ4n) is 2.65. The van der Waals surface area contributed by atoms with Crippen LogP contribution in [0.5, 0.6) is 0 Å². The van der Waals surface area contributed by atoms with Crippen molar-refractivity contribution >= 4 is 10.9 Å². The van der Waals surface area contributed by atoms with Crippen molar-refractivity contribution < 1.29 is 0 Å². The van der Waals surface area contributed by atoms with Gasteiger partial charge in [-0.3, -0.25) is 0 Å². The highest BCUT2D eigenvalue weighted by atomic mass is 14.9.